The van der Waals surface area contributed by atoms with Gasteiger partial charge in [0, 0.05) is 0 Å². The summed E-state index contributed by atoms with van der Waals surface area (Å²) in [6.07, 6.45) is 9.46. The van der Waals surface area contributed by atoms with Crippen molar-refractivity contribution >= 4 is 11.9 Å². The quantitative estimate of drug-likeness (QED) is 0.795. The molecule has 2 N–H and O–H groups in total. The Hall–Kier alpha value is -1.06. The molecular formula is C14H24O4. The third-order valence-electron chi connectivity index (χ3n) is 3.90. The number of hydrogen-bond acceptors (Lipinski definition) is 2. The largest absolute Gasteiger partial charge is 0.481 e. The van der Waals surface area contributed by atoms with E-state index < -0.39 is 23.8 Å². The van der Waals surface area contributed by atoms with Gasteiger partial charge in [-0.3, -0.25) is 9.59 Å². The van der Waals surface area contributed by atoms with Crippen molar-refractivity contribution in [2.75, 3.05) is 0 Å². The van der Waals surface area contributed by atoms with E-state index in [0.29, 0.717) is 12.8 Å². The number of rotatable bonds is 2. The van der Waals surface area contributed by atoms with Crippen LogP contribution < -0.4 is 0 Å². The van der Waals surface area contributed by atoms with E-state index in [9.17, 15) is 19.8 Å². The molecule has 4 heteroatoms. The highest BCUT2D eigenvalue weighted by Gasteiger charge is 2.32. The minimum absolute atomic E-state index is 0.506. The monoisotopic (exact) mass is 256 g/mol. The number of carboxylic acids is 2. The van der Waals surface area contributed by atoms with Crippen molar-refractivity contribution in [1.29, 1.82) is 0 Å². The molecule has 2 atom stereocenters. The van der Waals surface area contributed by atoms with Crippen LogP contribution in [0.15, 0.2) is 0 Å². The topological polar surface area (TPSA) is 74.6 Å². The zero-order valence-corrected chi connectivity index (χ0v) is 10.9. The molecule has 0 amide bonds. The summed E-state index contributed by atoms with van der Waals surface area (Å²) in [6.45, 7) is 0. The lowest BCUT2D eigenvalue weighted by atomic mass is 9.83. The average Bonchev–Trinajstić information content (AvgIpc) is 2.28. The third kappa shape index (κ3) is 5.07. The molecule has 0 radical (unpaired) electrons. The normalized spacial score (nSPS) is 27.8. The molecule has 0 aromatic rings. The summed E-state index contributed by atoms with van der Waals surface area (Å²) in [7, 11) is 0. The van der Waals surface area contributed by atoms with Gasteiger partial charge in [0.1, 0.15) is 0 Å². The molecule has 0 bridgehead atoms. The van der Waals surface area contributed by atoms with E-state index in [1.165, 1.54) is 12.8 Å². The van der Waals surface area contributed by atoms with E-state index in [0.717, 1.165) is 38.5 Å². The smallest absolute Gasteiger partial charge is 0.307 e. The molecule has 104 valence electrons. The Morgan fingerprint density at radius 2 is 0.889 bits per heavy atom. The molecular weight excluding hydrogens is 232 g/mol. The van der Waals surface area contributed by atoms with Gasteiger partial charge in [-0.2, -0.15) is 0 Å². The van der Waals surface area contributed by atoms with Crippen molar-refractivity contribution in [3.63, 3.8) is 0 Å². The van der Waals surface area contributed by atoms with Crippen molar-refractivity contribution in [3.8, 4) is 0 Å². The molecule has 0 spiro atoms. The highest BCUT2D eigenvalue weighted by atomic mass is 16.4. The molecule has 0 aromatic heterocycles. The Morgan fingerprint density at radius 3 is 1.17 bits per heavy atom. The minimum atomic E-state index is -0.945. The standard InChI is InChI=1S/C14H24O4/c15-13(16)11-9-7-5-3-1-2-4-6-8-10-12(11)14(17)18/h11-12H,1-10H2,(H,15,16)(H,17,18). The second-order valence-corrected chi connectivity index (χ2v) is 5.30. The van der Waals surface area contributed by atoms with Crippen LogP contribution in [0.4, 0.5) is 0 Å². The van der Waals surface area contributed by atoms with Gasteiger partial charge in [0.05, 0.1) is 11.8 Å². The zero-order valence-electron chi connectivity index (χ0n) is 10.9. The molecule has 0 aliphatic heterocycles. The maximum atomic E-state index is 11.2. The number of carbonyl (C=O) groups is 2. The van der Waals surface area contributed by atoms with Crippen LogP contribution in [0.5, 0.6) is 0 Å². The lowest BCUT2D eigenvalue weighted by Gasteiger charge is -2.21. The summed E-state index contributed by atoms with van der Waals surface area (Å²) in [5.74, 6) is -3.30. The van der Waals surface area contributed by atoms with Gasteiger partial charge in [0.2, 0.25) is 0 Å². The third-order valence-corrected chi connectivity index (χ3v) is 3.90. The summed E-state index contributed by atoms with van der Waals surface area (Å²) >= 11 is 0. The van der Waals surface area contributed by atoms with Gasteiger partial charge in [0.25, 0.3) is 0 Å². The van der Waals surface area contributed by atoms with Gasteiger partial charge < -0.3 is 10.2 Å². The van der Waals surface area contributed by atoms with E-state index in [1.807, 2.05) is 0 Å². The number of aliphatic carboxylic acids is 2. The van der Waals surface area contributed by atoms with Crippen molar-refractivity contribution in [3.05, 3.63) is 0 Å². The second-order valence-electron chi connectivity index (χ2n) is 5.30. The first-order valence-electron chi connectivity index (χ1n) is 7.08. The first-order chi connectivity index (χ1) is 8.63. The lowest BCUT2D eigenvalue weighted by molar-refractivity contribution is -0.154. The minimum Gasteiger partial charge on any atom is -0.481 e. The molecule has 2 unspecified atom stereocenters. The van der Waals surface area contributed by atoms with Crippen molar-refractivity contribution in [1.82, 2.24) is 0 Å². The number of hydrogen-bond donors (Lipinski definition) is 2. The van der Waals surface area contributed by atoms with Crippen LogP contribution in [-0.4, -0.2) is 22.2 Å². The predicted octanol–water partition coefficient (Wildman–Crippen LogP) is 3.30. The summed E-state index contributed by atoms with van der Waals surface area (Å²) in [6, 6.07) is 0. The van der Waals surface area contributed by atoms with E-state index in [-0.39, 0.29) is 0 Å². The molecule has 0 aromatic carbocycles. The fourth-order valence-electron chi connectivity index (χ4n) is 2.78. The molecule has 1 saturated carbocycles. The summed E-state index contributed by atoms with van der Waals surface area (Å²) in [5, 5.41) is 18.4. The molecule has 18 heavy (non-hydrogen) atoms. The van der Waals surface area contributed by atoms with Crippen LogP contribution in [0, 0.1) is 11.8 Å². The van der Waals surface area contributed by atoms with Crippen LogP contribution in [0.25, 0.3) is 0 Å². The Morgan fingerprint density at radius 1 is 0.611 bits per heavy atom. The van der Waals surface area contributed by atoms with E-state index in [2.05, 4.69) is 0 Å². The predicted molar refractivity (Wildman–Crippen MR) is 68.4 cm³/mol. The summed E-state index contributed by atoms with van der Waals surface area (Å²) < 4.78 is 0. The van der Waals surface area contributed by atoms with Gasteiger partial charge in [-0.05, 0) is 12.8 Å². The SMILES string of the molecule is O=C(O)C1CCCCCCCCCCC1C(=O)O. The maximum Gasteiger partial charge on any atom is 0.307 e. The van der Waals surface area contributed by atoms with Crippen LogP contribution in [-0.2, 0) is 9.59 Å². The lowest BCUT2D eigenvalue weighted by Crippen LogP contribution is -2.30. The highest BCUT2D eigenvalue weighted by Crippen LogP contribution is 2.26. The Kier molecular flexibility index (Phi) is 6.76. The summed E-state index contributed by atoms with van der Waals surface area (Å²) in [5.41, 5.74) is 0. The van der Waals surface area contributed by atoms with E-state index in [1.54, 1.807) is 0 Å². The molecule has 1 fully saturated rings. The van der Waals surface area contributed by atoms with Crippen molar-refractivity contribution < 1.29 is 19.8 Å². The van der Waals surface area contributed by atoms with Crippen molar-refractivity contribution in [2.45, 2.75) is 64.2 Å². The van der Waals surface area contributed by atoms with Gasteiger partial charge >= 0.3 is 11.9 Å². The average molecular weight is 256 g/mol. The highest BCUT2D eigenvalue weighted by molar-refractivity contribution is 5.79. The van der Waals surface area contributed by atoms with Crippen LogP contribution in [0.3, 0.4) is 0 Å². The first kappa shape index (κ1) is 15.0. The fraction of sp³-hybridized carbons (Fsp3) is 0.857. The van der Waals surface area contributed by atoms with Gasteiger partial charge in [-0.15, -0.1) is 0 Å². The van der Waals surface area contributed by atoms with Crippen LogP contribution in [0.1, 0.15) is 64.2 Å². The number of carboxylic acid groups (broad SMARTS) is 2. The van der Waals surface area contributed by atoms with Crippen LogP contribution in [0.2, 0.25) is 0 Å². The van der Waals surface area contributed by atoms with Gasteiger partial charge in [-0.25, -0.2) is 0 Å². The van der Waals surface area contributed by atoms with E-state index in [4.69, 9.17) is 0 Å². The molecule has 4 nitrogen and oxygen atoms in total. The molecule has 0 heterocycles. The Labute approximate surface area is 108 Å². The molecule has 1 rings (SSSR count). The van der Waals surface area contributed by atoms with E-state index >= 15 is 0 Å². The second kappa shape index (κ2) is 8.11. The molecule has 0 saturated heterocycles. The zero-order chi connectivity index (χ0) is 13.4. The molecule has 1 aliphatic carbocycles. The summed E-state index contributed by atoms with van der Waals surface area (Å²) in [4.78, 5) is 22.4. The van der Waals surface area contributed by atoms with Gasteiger partial charge in [-0.1, -0.05) is 51.4 Å². The fourth-order valence-corrected chi connectivity index (χ4v) is 2.78. The maximum absolute atomic E-state index is 11.2. The Balaban J connectivity index is 2.64. The van der Waals surface area contributed by atoms with Crippen molar-refractivity contribution in [2.24, 2.45) is 11.8 Å². The first-order valence-corrected chi connectivity index (χ1v) is 7.08. The Bertz CT molecular complexity index is 247. The van der Waals surface area contributed by atoms with Crippen LogP contribution >= 0.6 is 0 Å². The molecule has 1 aliphatic rings. The van der Waals surface area contributed by atoms with Gasteiger partial charge in [0.15, 0.2) is 0 Å².